The number of carbonyl (C=O) groups is 1. The summed E-state index contributed by atoms with van der Waals surface area (Å²) in [5.74, 6) is -0.551. The summed E-state index contributed by atoms with van der Waals surface area (Å²) in [5.41, 5.74) is 0.702. The molecule has 0 aliphatic heterocycles. The van der Waals surface area contributed by atoms with E-state index in [0.717, 1.165) is 0 Å². The van der Waals surface area contributed by atoms with Crippen molar-refractivity contribution in [3.05, 3.63) is 30.4 Å². The molecule has 0 saturated heterocycles. The van der Waals surface area contributed by atoms with Crippen LogP contribution in [0.1, 0.15) is 10.7 Å². The number of esters is 1. The lowest BCUT2D eigenvalue weighted by Crippen LogP contribution is -2.00. The monoisotopic (exact) mass is 205 g/mol. The van der Waals surface area contributed by atoms with Crippen LogP contribution in [-0.2, 0) is 4.74 Å². The Bertz CT molecular complexity index is 466. The first-order valence-electron chi connectivity index (χ1n) is 4.13. The maximum atomic E-state index is 11.0. The van der Waals surface area contributed by atoms with Crippen LogP contribution in [0.5, 0.6) is 0 Å². The van der Waals surface area contributed by atoms with Crippen molar-refractivity contribution in [3.63, 3.8) is 0 Å². The van der Waals surface area contributed by atoms with Crippen LogP contribution in [0, 0.1) is 0 Å². The van der Waals surface area contributed by atoms with Gasteiger partial charge in [0.1, 0.15) is 0 Å². The zero-order valence-corrected chi connectivity index (χ0v) is 7.88. The fourth-order valence-electron chi connectivity index (χ4n) is 1.00. The van der Waals surface area contributed by atoms with E-state index in [1.54, 1.807) is 24.5 Å². The Kier molecular flexibility index (Phi) is 2.40. The van der Waals surface area contributed by atoms with Crippen LogP contribution in [-0.4, -0.2) is 28.3 Å². The van der Waals surface area contributed by atoms with Gasteiger partial charge in [-0.25, -0.2) is 4.79 Å². The molecule has 0 aliphatic carbocycles. The Morgan fingerprint density at radius 3 is 2.73 bits per heavy atom. The van der Waals surface area contributed by atoms with Gasteiger partial charge in [0.15, 0.2) is 0 Å². The normalized spacial score (nSPS) is 9.93. The minimum absolute atomic E-state index is 0.163. The van der Waals surface area contributed by atoms with Gasteiger partial charge < -0.3 is 9.15 Å². The smallest absolute Gasteiger partial charge is 0.396 e. The Morgan fingerprint density at radius 1 is 1.33 bits per heavy atom. The van der Waals surface area contributed by atoms with Crippen molar-refractivity contribution < 1.29 is 13.9 Å². The summed E-state index contributed by atoms with van der Waals surface area (Å²) in [6.07, 6.45) is 3.19. The number of rotatable bonds is 2. The van der Waals surface area contributed by atoms with Crippen LogP contribution in [0.2, 0.25) is 0 Å². The van der Waals surface area contributed by atoms with Crippen LogP contribution in [0.4, 0.5) is 0 Å². The molecule has 0 bridgehead atoms. The zero-order valence-electron chi connectivity index (χ0n) is 7.88. The number of ether oxygens (including phenoxy) is 1. The summed E-state index contributed by atoms with van der Waals surface area (Å²) < 4.78 is 9.54. The van der Waals surface area contributed by atoms with E-state index in [2.05, 4.69) is 19.9 Å². The number of carbonyl (C=O) groups excluding carboxylic acids is 1. The van der Waals surface area contributed by atoms with Crippen LogP contribution >= 0.6 is 0 Å². The lowest BCUT2D eigenvalue weighted by Gasteiger charge is -1.91. The number of methoxy groups -OCH3 is 1. The Balaban J connectivity index is 2.32. The molecule has 0 saturated carbocycles. The number of nitrogens with zero attached hydrogens (tertiary/aromatic N) is 3. The van der Waals surface area contributed by atoms with Crippen LogP contribution < -0.4 is 0 Å². The van der Waals surface area contributed by atoms with E-state index in [0.29, 0.717) is 5.56 Å². The fourth-order valence-corrected chi connectivity index (χ4v) is 1.00. The molecule has 0 atom stereocenters. The molecular weight excluding hydrogens is 198 g/mol. The molecule has 0 fully saturated rings. The van der Waals surface area contributed by atoms with E-state index in [9.17, 15) is 4.79 Å². The molecule has 76 valence electrons. The van der Waals surface area contributed by atoms with E-state index < -0.39 is 5.97 Å². The van der Waals surface area contributed by atoms with Crippen LogP contribution in [0.15, 0.2) is 28.9 Å². The molecule has 0 N–H and O–H groups in total. The quantitative estimate of drug-likeness (QED) is 0.678. The Morgan fingerprint density at radius 2 is 2.07 bits per heavy atom. The Labute approximate surface area is 84.9 Å². The molecular formula is C9H7N3O3. The van der Waals surface area contributed by atoms with Crippen molar-refractivity contribution in [2.75, 3.05) is 7.11 Å². The molecule has 0 spiro atoms. The number of hydrogen-bond donors (Lipinski definition) is 0. The summed E-state index contributed by atoms with van der Waals surface area (Å²) in [6, 6.07) is 3.41. The lowest BCUT2D eigenvalue weighted by atomic mass is 10.3. The van der Waals surface area contributed by atoms with Crippen molar-refractivity contribution in [3.8, 4) is 11.5 Å². The summed E-state index contributed by atoms with van der Waals surface area (Å²) in [5, 5.41) is 7.26. The third-order valence-electron chi connectivity index (χ3n) is 1.71. The fraction of sp³-hybridized carbons (Fsp3) is 0.111. The number of aromatic nitrogens is 3. The minimum Gasteiger partial charge on any atom is -0.462 e. The molecule has 2 aromatic heterocycles. The molecule has 0 radical (unpaired) electrons. The van der Waals surface area contributed by atoms with Crippen molar-refractivity contribution in [1.29, 1.82) is 0 Å². The molecule has 2 heterocycles. The predicted molar refractivity (Wildman–Crippen MR) is 48.9 cm³/mol. The van der Waals surface area contributed by atoms with Gasteiger partial charge in [0.25, 0.3) is 0 Å². The predicted octanol–water partition coefficient (Wildman–Crippen LogP) is 0.918. The standard InChI is InChI=1S/C9H7N3O3/c1-14-9(13)8-12-11-7(15-8)6-2-4-10-5-3-6/h2-5H,1H3. The summed E-state index contributed by atoms with van der Waals surface area (Å²) in [7, 11) is 1.25. The molecule has 0 aliphatic rings. The first-order chi connectivity index (χ1) is 7.31. The van der Waals surface area contributed by atoms with E-state index in [1.807, 2.05) is 0 Å². The third-order valence-corrected chi connectivity index (χ3v) is 1.71. The maximum absolute atomic E-state index is 11.0. The second kappa shape index (κ2) is 3.87. The van der Waals surface area contributed by atoms with Gasteiger partial charge in [-0.3, -0.25) is 4.98 Å². The van der Waals surface area contributed by atoms with Gasteiger partial charge in [0, 0.05) is 18.0 Å². The van der Waals surface area contributed by atoms with Crippen molar-refractivity contribution in [1.82, 2.24) is 15.2 Å². The van der Waals surface area contributed by atoms with Gasteiger partial charge in [-0.2, -0.15) is 0 Å². The van der Waals surface area contributed by atoms with Crippen LogP contribution in [0.25, 0.3) is 11.5 Å². The molecule has 0 amide bonds. The molecule has 2 rings (SSSR count). The van der Waals surface area contributed by atoms with E-state index >= 15 is 0 Å². The highest BCUT2D eigenvalue weighted by Crippen LogP contribution is 2.16. The van der Waals surface area contributed by atoms with E-state index in [4.69, 9.17) is 4.42 Å². The molecule has 6 heteroatoms. The second-order valence-electron chi connectivity index (χ2n) is 2.64. The van der Waals surface area contributed by atoms with Gasteiger partial charge >= 0.3 is 11.9 Å². The van der Waals surface area contributed by atoms with Gasteiger partial charge in [0.2, 0.25) is 5.89 Å². The zero-order chi connectivity index (χ0) is 10.7. The maximum Gasteiger partial charge on any atom is 0.396 e. The molecule has 15 heavy (non-hydrogen) atoms. The molecule has 0 aromatic carbocycles. The SMILES string of the molecule is COC(=O)c1nnc(-c2ccncc2)o1. The van der Waals surface area contributed by atoms with Gasteiger partial charge in [0.05, 0.1) is 7.11 Å². The van der Waals surface area contributed by atoms with Gasteiger partial charge in [-0.05, 0) is 12.1 Å². The molecule has 6 nitrogen and oxygen atoms in total. The summed E-state index contributed by atoms with van der Waals surface area (Å²) >= 11 is 0. The Hall–Kier alpha value is -2.24. The second-order valence-corrected chi connectivity index (χ2v) is 2.64. The molecule has 0 unspecified atom stereocenters. The van der Waals surface area contributed by atoms with E-state index in [1.165, 1.54) is 7.11 Å². The first kappa shape index (κ1) is 9.32. The number of pyridine rings is 1. The minimum atomic E-state index is -0.650. The number of hydrogen-bond acceptors (Lipinski definition) is 6. The van der Waals surface area contributed by atoms with Crippen molar-refractivity contribution in [2.45, 2.75) is 0 Å². The summed E-state index contributed by atoms with van der Waals surface area (Å²) in [4.78, 5) is 14.9. The van der Waals surface area contributed by atoms with Gasteiger partial charge in [-0.15, -0.1) is 10.2 Å². The van der Waals surface area contributed by atoms with Gasteiger partial charge in [-0.1, -0.05) is 0 Å². The van der Waals surface area contributed by atoms with Crippen LogP contribution in [0.3, 0.4) is 0 Å². The van der Waals surface area contributed by atoms with Crippen molar-refractivity contribution in [2.24, 2.45) is 0 Å². The summed E-state index contributed by atoms with van der Waals surface area (Å²) in [6.45, 7) is 0. The average Bonchev–Trinajstić information content (AvgIpc) is 2.78. The highest BCUT2D eigenvalue weighted by molar-refractivity contribution is 5.84. The molecule has 2 aromatic rings. The largest absolute Gasteiger partial charge is 0.462 e. The first-order valence-corrected chi connectivity index (χ1v) is 4.13. The lowest BCUT2D eigenvalue weighted by molar-refractivity contribution is 0.0556. The van der Waals surface area contributed by atoms with E-state index in [-0.39, 0.29) is 11.8 Å². The topological polar surface area (TPSA) is 78.1 Å². The average molecular weight is 205 g/mol. The highest BCUT2D eigenvalue weighted by atomic mass is 16.5. The van der Waals surface area contributed by atoms with Crippen molar-refractivity contribution >= 4 is 5.97 Å². The third kappa shape index (κ3) is 1.83. The highest BCUT2D eigenvalue weighted by Gasteiger charge is 2.15.